The van der Waals surface area contributed by atoms with Gasteiger partial charge in [-0.3, -0.25) is 37.3 Å². The Morgan fingerprint density at radius 1 is 0.350 bits per heavy atom. The Hall–Kier alpha value is -1.94. The molecule has 0 aromatic carbocycles. The van der Waals surface area contributed by atoms with Gasteiger partial charge in [0.25, 0.3) is 0 Å². The number of unbranched alkanes of at least 4 members (excludes halogenated alkanes) is 28. The van der Waals surface area contributed by atoms with Gasteiger partial charge in [-0.25, -0.2) is 9.13 Å². The molecule has 7 atom stereocenters. The Bertz CT molecular complexity index is 1590. The van der Waals surface area contributed by atoms with E-state index < -0.39 is 97.5 Å². The van der Waals surface area contributed by atoms with Gasteiger partial charge in [0.2, 0.25) is 0 Å². The summed E-state index contributed by atoms with van der Waals surface area (Å²) in [6, 6.07) is 0. The maximum atomic E-state index is 12.9. The average Bonchev–Trinajstić information content (AvgIpc) is 3.43. The van der Waals surface area contributed by atoms with E-state index in [0.29, 0.717) is 25.7 Å². The summed E-state index contributed by atoms with van der Waals surface area (Å²) >= 11 is 0. The molecular formula is C61H118O17P2. The summed E-state index contributed by atoms with van der Waals surface area (Å²) in [7, 11) is -9.88. The molecule has 0 rings (SSSR count). The summed E-state index contributed by atoms with van der Waals surface area (Å²) in [6.45, 7) is 9.40. The normalized spacial score (nSPS) is 15.1. The first-order chi connectivity index (χ1) is 38.4. The lowest BCUT2D eigenvalue weighted by Gasteiger charge is -2.21. The lowest BCUT2D eigenvalue weighted by molar-refractivity contribution is -0.161. The van der Waals surface area contributed by atoms with E-state index in [1.54, 1.807) is 0 Å². The van der Waals surface area contributed by atoms with Gasteiger partial charge in [-0.2, -0.15) is 0 Å². The number of rotatable bonds is 60. The van der Waals surface area contributed by atoms with Gasteiger partial charge in [0.15, 0.2) is 12.2 Å². The topological polar surface area (TPSA) is 237 Å². The van der Waals surface area contributed by atoms with Crippen molar-refractivity contribution in [2.45, 2.75) is 317 Å². The molecule has 17 nitrogen and oxygen atoms in total. The van der Waals surface area contributed by atoms with Crippen molar-refractivity contribution < 1.29 is 80.2 Å². The van der Waals surface area contributed by atoms with Crippen LogP contribution < -0.4 is 0 Å². The standard InChI is InChI=1S/C61H118O17P2/c1-7-11-13-15-17-24-31-37-43-58(63)71-49-56(77-60(65)45-39-33-25-18-16-14-12-8-2)51-75-79(67,68)73-47-55(62)48-74-80(69,70)76-52-57(50-72-59(64)44-38-32-28-27-30-36-42-54(6)10-4)78-61(66)46-40-34-26-22-20-19-21-23-29-35-41-53(5)9-3/h53-57,62H,7-52H2,1-6H3,(H,67,68)(H,69,70)/t53?,54?,55-,56+,57+/m0/s1. The molecule has 0 bridgehead atoms. The summed E-state index contributed by atoms with van der Waals surface area (Å²) in [5, 5.41) is 10.5. The van der Waals surface area contributed by atoms with E-state index >= 15 is 0 Å². The van der Waals surface area contributed by atoms with E-state index in [9.17, 15) is 43.2 Å². The minimum atomic E-state index is -4.94. The number of hydrogen-bond acceptors (Lipinski definition) is 15. The van der Waals surface area contributed by atoms with Gasteiger partial charge in [-0.1, -0.05) is 247 Å². The molecule has 0 aromatic heterocycles. The second-order valence-corrected chi connectivity index (χ2v) is 25.5. The predicted octanol–water partition coefficient (Wildman–Crippen LogP) is 16.5. The monoisotopic (exact) mass is 1180 g/mol. The van der Waals surface area contributed by atoms with Crippen LogP contribution in [0.1, 0.15) is 298 Å². The van der Waals surface area contributed by atoms with E-state index in [-0.39, 0.29) is 25.7 Å². The first kappa shape index (κ1) is 78.1. The van der Waals surface area contributed by atoms with Gasteiger partial charge in [-0.05, 0) is 37.5 Å². The third-order valence-electron chi connectivity index (χ3n) is 14.7. The molecule has 0 aliphatic rings. The lowest BCUT2D eigenvalue weighted by atomic mass is 9.99. The van der Waals surface area contributed by atoms with Crippen LogP contribution in [0.4, 0.5) is 0 Å². The summed E-state index contributed by atoms with van der Waals surface area (Å²) < 4.78 is 67.7. The van der Waals surface area contributed by atoms with Crippen LogP contribution in [-0.4, -0.2) is 96.7 Å². The van der Waals surface area contributed by atoms with Crippen molar-refractivity contribution in [1.29, 1.82) is 0 Å². The van der Waals surface area contributed by atoms with Crippen molar-refractivity contribution in [2.75, 3.05) is 39.6 Å². The molecule has 0 saturated carbocycles. The number of carbonyl (C=O) groups is 4. The van der Waals surface area contributed by atoms with Crippen molar-refractivity contribution in [2.24, 2.45) is 11.8 Å². The zero-order valence-electron chi connectivity index (χ0n) is 51.4. The van der Waals surface area contributed by atoms with Crippen molar-refractivity contribution in [3.8, 4) is 0 Å². The summed E-state index contributed by atoms with van der Waals surface area (Å²) in [5.74, 6) is -0.610. The van der Waals surface area contributed by atoms with Crippen LogP contribution in [0.2, 0.25) is 0 Å². The number of carbonyl (C=O) groups excluding carboxylic acids is 4. The molecule has 0 heterocycles. The van der Waals surface area contributed by atoms with Crippen molar-refractivity contribution >= 4 is 39.5 Å². The molecule has 0 amide bonds. The Kier molecular flexibility index (Phi) is 52.5. The largest absolute Gasteiger partial charge is 0.472 e. The second-order valence-electron chi connectivity index (χ2n) is 22.6. The zero-order valence-corrected chi connectivity index (χ0v) is 53.2. The highest BCUT2D eigenvalue weighted by atomic mass is 31.2. The van der Waals surface area contributed by atoms with E-state index in [1.165, 1.54) is 96.3 Å². The molecule has 0 aliphatic carbocycles. The third kappa shape index (κ3) is 52.8. The van der Waals surface area contributed by atoms with Gasteiger partial charge in [0, 0.05) is 25.7 Å². The molecule has 0 aromatic rings. The van der Waals surface area contributed by atoms with E-state index in [1.807, 2.05) is 0 Å². The fourth-order valence-electron chi connectivity index (χ4n) is 8.94. The van der Waals surface area contributed by atoms with E-state index in [0.717, 1.165) is 121 Å². The Morgan fingerprint density at radius 2 is 0.600 bits per heavy atom. The molecule has 0 radical (unpaired) electrons. The fraction of sp³-hybridized carbons (Fsp3) is 0.934. The molecule has 4 unspecified atom stereocenters. The minimum absolute atomic E-state index is 0.104. The highest BCUT2D eigenvalue weighted by molar-refractivity contribution is 7.47. The first-order valence-corrected chi connectivity index (χ1v) is 35.1. The maximum absolute atomic E-state index is 12.9. The van der Waals surface area contributed by atoms with Gasteiger partial charge in [-0.15, -0.1) is 0 Å². The van der Waals surface area contributed by atoms with Crippen LogP contribution in [0.5, 0.6) is 0 Å². The molecular weight excluding hydrogens is 1070 g/mol. The van der Waals surface area contributed by atoms with Crippen LogP contribution >= 0.6 is 15.6 Å². The molecule has 3 N–H and O–H groups in total. The smallest absolute Gasteiger partial charge is 0.462 e. The van der Waals surface area contributed by atoms with Crippen molar-refractivity contribution in [3.05, 3.63) is 0 Å². The number of aliphatic hydroxyl groups excluding tert-OH is 1. The van der Waals surface area contributed by atoms with Gasteiger partial charge in [0.1, 0.15) is 19.3 Å². The number of esters is 4. The third-order valence-corrected chi connectivity index (χ3v) is 16.6. The maximum Gasteiger partial charge on any atom is 0.472 e. The Morgan fingerprint density at radius 3 is 0.887 bits per heavy atom. The van der Waals surface area contributed by atoms with Gasteiger partial charge >= 0.3 is 39.5 Å². The highest BCUT2D eigenvalue weighted by Crippen LogP contribution is 2.45. The van der Waals surface area contributed by atoms with Crippen molar-refractivity contribution in [3.63, 3.8) is 0 Å². The van der Waals surface area contributed by atoms with Crippen LogP contribution in [0.25, 0.3) is 0 Å². The van der Waals surface area contributed by atoms with Gasteiger partial charge < -0.3 is 33.8 Å². The quantitative estimate of drug-likeness (QED) is 0.0222. The van der Waals surface area contributed by atoms with E-state index in [2.05, 4.69) is 41.5 Å². The predicted molar refractivity (Wildman–Crippen MR) is 317 cm³/mol. The number of aliphatic hydroxyl groups is 1. The number of phosphoric ester groups is 2. The molecule has 0 fully saturated rings. The molecule has 19 heteroatoms. The summed E-state index contributed by atoms with van der Waals surface area (Å²) in [4.78, 5) is 71.9. The van der Waals surface area contributed by atoms with Crippen LogP contribution in [-0.2, 0) is 65.4 Å². The van der Waals surface area contributed by atoms with Crippen LogP contribution in [0.3, 0.4) is 0 Å². The SMILES string of the molecule is CCCCCCCCCCC(=O)OC[C@H](COP(=O)(O)OC[C@H](O)COP(=O)(O)OC[C@@H](COC(=O)CCCCCCCCC(C)CC)OC(=O)CCCCCCCCCCCCC(C)CC)OC(=O)CCCCCCCCCC. The van der Waals surface area contributed by atoms with E-state index in [4.69, 9.17) is 37.0 Å². The molecule has 0 aliphatic heterocycles. The van der Waals surface area contributed by atoms with Crippen LogP contribution in [0.15, 0.2) is 0 Å². The molecule has 0 saturated heterocycles. The minimum Gasteiger partial charge on any atom is -0.462 e. The number of hydrogen-bond donors (Lipinski definition) is 3. The average molecular weight is 1190 g/mol. The number of phosphoric acid groups is 2. The first-order valence-electron chi connectivity index (χ1n) is 32.1. The Labute approximate surface area is 486 Å². The summed E-state index contributed by atoms with van der Waals surface area (Å²) in [6.07, 6.45) is 34.9. The van der Waals surface area contributed by atoms with Crippen LogP contribution in [0, 0.1) is 11.8 Å². The number of ether oxygens (including phenoxy) is 4. The molecule has 0 spiro atoms. The second kappa shape index (κ2) is 53.8. The molecule has 474 valence electrons. The van der Waals surface area contributed by atoms with Gasteiger partial charge in [0.05, 0.1) is 26.4 Å². The lowest BCUT2D eigenvalue weighted by Crippen LogP contribution is -2.30. The van der Waals surface area contributed by atoms with Crippen molar-refractivity contribution in [1.82, 2.24) is 0 Å². The molecule has 80 heavy (non-hydrogen) atoms. The Balaban J connectivity index is 5.22. The zero-order chi connectivity index (χ0) is 59.4. The fourth-order valence-corrected chi connectivity index (χ4v) is 10.5. The summed E-state index contributed by atoms with van der Waals surface area (Å²) in [5.41, 5.74) is 0. The highest BCUT2D eigenvalue weighted by Gasteiger charge is 2.30.